The van der Waals surface area contributed by atoms with E-state index in [2.05, 4.69) is 6.92 Å². The van der Waals surface area contributed by atoms with Crippen molar-refractivity contribution < 1.29 is 4.79 Å². The zero-order chi connectivity index (χ0) is 7.40. The number of carbonyl (C=O) groups excluding carboxylic acids is 1. The number of ketones is 1. The van der Waals surface area contributed by atoms with E-state index in [1.54, 1.807) is 6.08 Å². The lowest BCUT2D eigenvalue weighted by Crippen LogP contribution is -2.07. The Bertz CT molecular complexity index is 156. The maximum atomic E-state index is 10.5. The Balaban J connectivity index is 2.05. The largest absolute Gasteiger partial charge is 0.295 e. The van der Waals surface area contributed by atoms with E-state index in [1.807, 2.05) is 0 Å². The van der Waals surface area contributed by atoms with Crippen LogP contribution in [0.25, 0.3) is 0 Å². The lowest BCUT2D eigenvalue weighted by Gasteiger charge is -2.11. The fourth-order valence-electron chi connectivity index (χ4n) is 1.19. The van der Waals surface area contributed by atoms with E-state index in [-0.39, 0.29) is 0 Å². The summed E-state index contributed by atoms with van der Waals surface area (Å²) in [5, 5.41) is 0. The number of hydrogen-bond acceptors (Lipinski definition) is 1. The average molecular weight is 138 g/mol. The Kier molecular flexibility index (Phi) is 2.67. The molecule has 0 saturated heterocycles. The molecule has 0 fully saturated rings. The molecular weight excluding hydrogens is 124 g/mol. The molecular formula is C9H14O. The molecule has 0 aliphatic heterocycles. The van der Waals surface area contributed by atoms with Crippen LogP contribution in [0.15, 0.2) is 11.6 Å². The van der Waals surface area contributed by atoms with Gasteiger partial charge in [-0.25, -0.2) is 0 Å². The van der Waals surface area contributed by atoms with Gasteiger partial charge in [0.05, 0.1) is 0 Å². The Hall–Kier alpha value is -0.590. The molecule has 1 heteroatoms. The highest BCUT2D eigenvalue weighted by Gasteiger charge is 2.13. The monoisotopic (exact) mass is 138 g/mol. The van der Waals surface area contributed by atoms with Crippen molar-refractivity contribution in [1.82, 2.24) is 0 Å². The maximum Gasteiger partial charge on any atom is 0.159 e. The highest BCUT2D eigenvalue weighted by atomic mass is 16.1. The summed E-state index contributed by atoms with van der Waals surface area (Å²) >= 11 is 0. The first-order chi connectivity index (χ1) is 4.83. The van der Waals surface area contributed by atoms with Gasteiger partial charge < -0.3 is 0 Å². The predicted octanol–water partition coefficient (Wildman–Crippen LogP) is 2.47. The lowest BCUT2D eigenvalue weighted by molar-refractivity contribution is -0.115. The van der Waals surface area contributed by atoms with Crippen LogP contribution in [0, 0.1) is 0 Å². The van der Waals surface area contributed by atoms with Crippen LogP contribution in [0.4, 0.5) is 0 Å². The Morgan fingerprint density at radius 2 is 2.20 bits per heavy atom. The molecule has 0 saturated carbocycles. The van der Waals surface area contributed by atoms with E-state index in [4.69, 9.17) is 0 Å². The van der Waals surface area contributed by atoms with Crippen molar-refractivity contribution >= 4 is 5.78 Å². The highest BCUT2D eigenvalue weighted by molar-refractivity contribution is 5.98. The third-order valence-corrected chi connectivity index (χ3v) is 1.87. The van der Waals surface area contributed by atoms with Crippen molar-refractivity contribution in [3.8, 4) is 0 Å². The van der Waals surface area contributed by atoms with Gasteiger partial charge in [-0.15, -0.1) is 0 Å². The van der Waals surface area contributed by atoms with Gasteiger partial charge in [0.2, 0.25) is 0 Å². The first-order valence-electron chi connectivity index (χ1n) is 4.05. The number of unbranched alkanes of at least 4 members (excludes halogenated alkanes) is 2. The smallest absolute Gasteiger partial charge is 0.159 e. The topological polar surface area (TPSA) is 17.1 Å². The molecule has 0 atom stereocenters. The van der Waals surface area contributed by atoms with Crippen molar-refractivity contribution in [2.75, 3.05) is 0 Å². The maximum absolute atomic E-state index is 10.5. The van der Waals surface area contributed by atoms with Crippen LogP contribution in [0.5, 0.6) is 0 Å². The Morgan fingerprint density at radius 3 is 2.70 bits per heavy atom. The van der Waals surface area contributed by atoms with E-state index in [0.29, 0.717) is 5.78 Å². The van der Waals surface area contributed by atoms with Crippen LogP contribution < -0.4 is 0 Å². The highest BCUT2D eigenvalue weighted by Crippen LogP contribution is 2.20. The summed E-state index contributed by atoms with van der Waals surface area (Å²) in [6.45, 7) is 2.19. The Morgan fingerprint density at radius 1 is 1.50 bits per heavy atom. The van der Waals surface area contributed by atoms with Crippen molar-refractivity contribution in [1.29, 1.82) is 0 Å². The summed E-state index contributed by atoms with van der Waals surface area (Å²) < 4.78 is 0. The fraction of sp³-hybridized carbons (Fsp3) is 0.667. The van der Waals surface area contributed by atoms with Crippen LogP contribution in [0.2, 0.25) is 0 Å². The van der Waals surface area contributed by atoms with Crippen molar-refractivity contribution in [3.05, 3.63) is 11.6 Å². The minimum Gasteiger partial charge on any atom is -0.295 e. The standard InChI is InChI=1S/C9H14O/c1-2-3-4-5-8-6-9(10)7-8/h6H,2-5,7H2,1H3. The molecule has 56 valence electrons. The van der Waals surface area contributed by atoms with Crippen LogP contribution in [-0.2, 0) is 4.79 Å². The summed E-state index contributed by atoms with van der Waals surface area (Å²) in [4.78, 5) is 10.5. The molecule has 0 heterocycles. The molecule has 0 N–H and O–H groups in total. The fourth-order valence-corrected chi connectivity index (χ4v) is 1.19. The second-order valence-corrected chi connectivity index (χ2v) is 2.90. The van der Waals surface area contributed by atoms with Gasteiger partial charge in [-0.1, -0.05) is 25.3 Å². The van der Waals surface area contributed by atoms with Crippen molar-refractivity contribution in [2.45, 2.75) is 39.0 Å². The van der Waals surface area contributed by atoms with E-state index in [9.17, 15) is 4.79 Å². The van der Waals surface area contributed by atoms with Gasteiger partial charge in [-0.2, -0.15) is 0 Å². The van der Waals surface area contributed by atoms with Crippen LogP contribution in [0.1, 0.15) is 39.0 Å². The molecule has 0 aromatic rings. The summed E-state index contributed by atoms with van der Waals surface area (Å²) in [6.07, 6.45) is 7.50. The first-order valence-corrected chi connectivity index (χ1v) is 4.05. The normalized spacial score (nSPS) is 16.5. The lowest BCUT2D eigenvalue weighted by atomic mass is 9.93. The average Bonchev–Trinajstić information content (AvgIpc) is 1.85. The second kappa shape index (κ2) is 3.55. The molecule has 0 radical (unpaired) electrons. The van der Waals surface area contributed by atoms with Gasteiger partial charge in [0.15, 0.2) is 5.78 Å². The molecule has 1 nitrogen and oxygen atoms in total. The summed E-state index contributed by atoms with van der Waals surface area (Å²) in [5.74, 6) is 0.312. The van der Waals surface area contributed by atoms with E-state index in [1.165, 1.54) is 24.8 Å². The third kappa shape index (κ3) is 1.98. The van der Waals surface area contributed by atoms with Crippen molar-refractivity contribution in [2.24, 2.45) is 0 Å². The van der Waals surface area contributed by atoms with Crippen LogP contribution in [0.3, 0.4) is 0 Å². The second-order valence-electron chi connectivity index (χ2n) is 2.90. The SMILES string of the molecule is CCCCCC1=CC(=O)C1. The van der Waals surface area contributed by atoms with E-state index >= 15 is 0 Å². The summed E-state index contributed by atoms with van der Waals surface area (Å²) in [5.41, 5.74) is 1.36. The molecule has 0 amide bonds. The number of allylic oxidation sites excluding steroid dienone is 2. The summed E-state index contributed by atoms with van der Waals surface area (Å²) in [6, 6.07) is 0. The van der Waals surface area contributed by atoms with Crippen LogP contribution in [-0.4, -0.2) is 5.78 Å². The predicted molar refractivity (Wildman–Crippen MR) is 41.8 cm³/mol. The quantitative estimate of drug-likeness (QED) is 0.545. The van der Waals surface area contributed by atoms with E-state index < -0.39 is 0 Å². The number of rotatable bonds is 4. The zero-order valence-electron chi connectivity index (χ0n) is 6.52. The van der Waals surface area contributed by atoms with Gasteiger partial charge in [0, 0.05) is 6.42 Å². The van der Waals surface area contributed by atoms with Gasteiger partial charge >= 0.3 is 0 Å². The molecule has 0 unspecified atom stereocenters. The molecule has 1 aliphatic rings. The molecule has 0 spiro atoms. The first kappa shape index (κ1) is 7.52. The molecule has 10 heavy (non-hydrogen) atoms. The van der Waals surface area contributed by atoms with Crippen molar-refractivity contribution in [3.63, 3.8) is 0 Å². The van der Waals surface area contributed by atoms with Gasteiger partial charge in [-0.05, 0) is 18.9 Å². The summed E-state index contributed by atoms with van der Waals surface area (Å²) in [7, 11) is 0. The molecule has 0 aromatic carbocycles. The minimum absolute atomic E-state index is 0.312. The molecule has 0 aromatic heterocycles. The van der Waals surface area contributed by atoms with E-state index in [0.717, 1.165) is 12.8 Å². The third-order valence-electron chi connectivity index (χ3n) is 1.87. The van der Waals surface area contributed by atoms with Crippen LogP contribution >= 0.6 is 0 Å². The molecule has 1 aliphatic carbocycles. The number of hydrogen-bond donors (Lipinski definition) is 0. The molecule has 1 rings (SSSR count). The van der Waals surface area contributed by atoms with Gasteiger partial charge in [0.25, 0.3) is 0 Å². The zero-order valence-corrected chi connectivity index (χ0v) is 6.52. The van der Waals surface area contributed by atoms with Gasteiger partial charge in [0.1, 0.15) is 0 Å². The Labute approximate surface area is 62.1 Å². The molecule has 0 bridgehead atoms. The van der Waals surface area contributed by atoms with Gasteiger partial charge in [-0.3, -0.25) is 4.79 Å². The minimum atomic E-state index is 0.312. The number of carbonyl (C=O) groups is 1.